The number of piperidine rings is 1. The molecule has 0 spiro atoms. The van der Waals surface area contributed by atoms with E-state index in [0.29, 0.717) is 37.8 Å². The van der Waals surface area contributed by atoms with Gasteiger partial charge in [-0.05, 0) is 62.0 Å². The molecule has 4 nitrogen and oxygen atoms in total. The van der Waals surface area contributed by atoms with Crippen LogP contribution >= 0.6 is 0 Å². The van der Waals surface area contributed by atoms with Gasteiger partial charge >= 0.3 is 0 Å². The van der Waals surface area contributed by atoms with Crippen LogP contribution in [0.1, 0.15) is 50.6 Å². The zero-order valence-corrected chi connectivity index (χ0v) is 13.7. The van der Waals surface area contributed by atoms with E-state index >= 15 is 0 Å². The highest BCUT2D eigenvalue weighted by Crippen LogP contribution is 2.49. The third kappa shape index (κ3) is 2.89. The average molecular weight is 314 g/mol. The highest BCUT2D eigenvalue weighted by molar-refractivity contribution is 5.76. The second-order valence-electron chi connectivity index (χ2n) is 7.77. The fourth-order valence-electron chi connectivity index (χ4n) is 5.00. The van der Waals surface area contributed by atoms with Crippen molar-refractivity contribution in [3.05, 3.63) is 30.1 Å². The fourth-order valence-corrected chi connectivity index (χ4v) is 5.00. The molecule has 0 aromatic carbocycles. The molecule has 2 heterocycles. The predicted octanol–water partition coefficient (Wildman–Crippen LogP) is 2.72. The highest BCUT2D eigenvalue weighted by Gasteiger charge is 2.42. The molecule has 4 rings (SSSR count). The van der Waals surface area contributed by atoms with Crippen LogP contribution in [0.3, 0.4) is 0 Å². The van der Waals surface area contributed by atoms with Crippen LogP contribution in [0.4, 0.5) is 0 Å². The topological polar surface area (TPSA) is 53.4 Å². The Balaban J connectivity index is 1.33. The van der Waals surface area contributed by atoms with Gasteiger partial charge in [-0.15, -0.1) is 0 Å². The maximum absolute atomic E-state index is 12.6. The lowest BCUT2D eigenvalue weighted by atomic mass is 9.85. The van der Waals surface area contributed by atoms with Crippen LogP contribution < -0.4 is 0 Å². The SMILES string of the molecule is O=C(C[C@@H]1C[C@@H]2CC[C@@H]1C2)N1CCC(O)(c2ccccn2)CC1. The van der Waals surface area contributed by atoms with Gasteiger partial charge in [0.15, 0.2) is 0 Å². The molecule has 3 aliphatic rings. The van der Waals surface area contributed by atoms with Crippen molar-refractivity contribution in [1.82, 2.24) is 9.88 Å². The van der Waals surface area contributed by atoms with E-state index in [2.05, 4.69) is 4.98 Å². The molecule has 1 aliphatic heterocycles. The van der Waals surface area contributed by atoms with Gasteiger partial charge < -0.3 is 10.0 Å². The molecule has 2 saturated carbocycles. The zero-order chi connectivity index (χ0) is 15.9. The first-order valence-electron chi connectivity index (χ1n) is 9.06. The van der Waals surface area contributed by atoms with Crippen molar-refractivity contribution in [3.63, 3.8) is 0 Å². The third-order valence-corrected chi connectivity index (χ3v) is 6.41. The van der Waals surface area contributed by atoms with Gasteiger partial charge in [-0.25, -0.2) is 0 Å². The van der Waals surface area contributed by atoms with Crippen LogP contribution in [0.2, 0.25) is 0 Å². The van der Waals surface area contributed by atoms with E-state index in [9.17, 15) is 9.90 Å². The van der Waals surface area contributed by atoms with Crippen LogP contribution in [0.25, 0.3) is 0 Å². The molecule has 1 saturated heterocycles. The number of rotatable bonds is 3. The van der Waals surface area contributed by atoms with Gasteiger partial charge in [0.1, 0.15) is 5.60 Å². The number of fused-ring (bicyclic) bond motifs is 2. The molecule has 3 fully saturated rings. The van der Waals surface area contributed by atoms with E-state index in [-0.39, 0.29) is 0 Å². The van der Waals surface area contributed by atoms with Gasteiger partial charge in [-0.2, -0.15) is 0 Å². The largest absolute Gasteiger partial charge is 0.383 e. The summed E-state index contributed by atoms with van der Waals surface area (Å²) >= 11 is 0. The minimum Gasteiger partial charge on any atom is -0.383 e. The molecule has 124 valence electrons. The van der Waals surface area contributed by atoms with Gasteiger partial charge in [-0.1, -0.05) is 12.5 Å². The van der Waals surface area contributed by atoms with Gasteiger partial charge in [0, 0.05) is 25.7 Å². The maximum Gasteiger partial charge on any atom is 0.222 e. The van der Waals surface area contributed by atoms with Crippen LogP contribution in [0, 0.1) is 17.8 Å². The summed E-state index contributed by atoms with van der Waals surface area (Å²) in [5, 5.41) is 10.8. The van der Waals surface area contributed by atoms with Crippen LogP contribution in [-0.4, -0.2) is 34.0 Å². The molecule has 0 unspecified atom stereocenters. The number of carbonyl (C=O) groups is 1. The molecule has 23 heavy (non-hydrogen) atoms. The van der Waals surface area contributed by atoms with E-state index in [1.54, 1.807) is 6.20 Å². The molecule has 2 aliphatic carbocycles. The first kappa shape index (κ1) is 15.1. The van der Waals surface area contributed by atoms with Crippen molar-refractivity contribution in [2.75, 3.05) is 13.1 Å². The summed E-state index contributed by atoms with van der Waals surface area (Å²) in [5.74, 6) is 2.62. The summed E-state index contributed by atoms with van der Waals surface area (Å²) in [6, 6.07) is 5.65. The third-order valence-electron chi connectivity index (χ3n) is 6.41. The quantitative estimate of drug-likeness (QED) is 0.933. The summed E-state index contributed by atoms with van der Waals surface area (Å²) in [7, 11) is 0. The van der Waals surface area contributed by atoms with E-state index in [1.807, 2.05) is 23.1 Å². The first-order chi connectivity index (χ1) is 11.1. The Morgan fingerprint density at radius 1 is 1.26 bits per heavy atom. The molecular weight excluding hydrogens is 288 g/mol. The van der Waals surface area contributed by atoms with E-state index in [0.717, 1.165) is 24.0 Å². The second kappa shape index (κ2) is 5.90. The number of hydrogen-bond acceptors (Lipinski definition) is 3. The molecule has 1 N–H and O–H groups in total. The van der Waals surface area contributed by atoms with Gasteiger partial charge in [0.25, 0.3) is 0 Å². The van der Waals surface area contributed by atoms with Crippen molar-refractivity contribution in [1.29, 1.82) is 0 Å². The van der Waals surface area contributed by atoms with Gasteiger partial charge in [-0.3, -0.25) is 9.78 Å². The molecule has 1 aromatic rings. The fraction of sp³-hybridized carbons (Fsp3) is 0.684. The van der Waals surface area contributed by atoms with Crippen LogP contribution in [0.15, 0.2) is 24.4 Å². The first-order valence-corrected chi connectivity index (χ1v) is 9.06. The lowest BCUT2D eigenvalue weighted by Crippen LogP contribution is -2.46. The standard InChI is InChI=1S/C19H26N2O2/c22-18(13-16-12-14-4-5-15(16)11-14)21-9-6-19(23,7-10-21)17-3-1-2-8-20-17/h1-3,8,14-16,23H,4-7,9-13H2/t14-,15-,16+/m1/s1. The summed E-state index contributed by atoms with van der Waals surface area (Å²) in [6.07, 6.45) is 8.97. The number of aromatic nitrogens is 1. The van der Waals surface area contributed by atoms with E-state index in [4.69, 9.17) is 0 Å². The Labute approximate surface area is 137 Å². The van der Waals surface area contributed by atoms with Crippen molar-refractivity contribution in [3.8, 4) is 0 Å². The molecule has 1 amide bonds. The normalized spacial score (nSPS) is 32.2. The Morgan fingerprint density at radius 2 is 2.09 bits per heavy atom. The van der Waals surface area contributed by atoms with Crippen molar-refractivity contribution in [2.24, 2.45) is 17.8 Å². The monoisotopic (exact) mass is 314 g/mol. The van der Waals surface area contributed by atoms with E-state index < -0.39 is 5.60 Å². The maximum atomic E-state index is 12.6. The number of aliphatic hydroxyl groups is 1. The molecule has 0 radical (unpaired) electrons. The van der Waals surface area contributed by atoms with Crippen molar-refractivity contribution in [2.45, 2.75) is 50.5 Å². The molecular formula is C19H26N2O2. The summed E-state index contributed by atoms with van der Waals surface area (Å²) in [6.45, 7) is 1.29. The number of likely N-dealkylation sites (tertiary alicyclic amines) is 1. The van der Waals surface area contributed by atoms with Crippen molar-refractivity contribution >= 4 is 5.91 Å². The molecule has 1 aromatic heterocycles. The lowest BCUT2D eigenvalue weighted by molar-refractivity contribution is -0.137. The Morgan fingerprint density at radius 3 is 2.70 bits per heavy atom. The number of amides is 1. The molecule has 4 heteroatoms. The highest BCUT2D eigenvalue weighted by atomic mass is 16.3. The summed E-state index contributed by atoms with van der Waals surface area (Å²) < 4.78 is 0. The summed E-state index contributed by atoms with van der Waals surface area (Å²) in [5.41, 5.74) is -0.134. The smallest absolute Gasteiger partial charge is 0.222 e. The number of nitrogens with zero attached hydrogens (tertiary/aromatic N) is 2. The van der Waals surface area contributed by atoms with E-state index in [1.165, 1.54) is 25.7 Å². The Kier molecular flexibility index (Phi) is 3.88. The summed E-state index contributed by atoms with van der Waals surface area (Å²) in [4.78, 5) is 18.9. The minimum absolute atomic E-state index is 0.297. The lowest BCUT2D eigenvalue weighted by Gasteiger charge is -2.38. The number of pyridine rings is 1. The van der Waals surface area contributed by atoms with Crippen LogP contribution in [0.5, 0.6) is 0 Å². The predicted molar refractivity (Wildman–Crippen MR) is 87.5 cm³/mol. The minimum atomic E-state index is -0.871. The second-order valence-corrected chi connectivity index (χ2v) is 7.77. The molecule has 2 bridgehead atoms. The van der Waals surface area contributed by atoms with Gasteiger partial charge in [0.2, 0.25) is 5.91 Å². The Bertz CT molecular complexity index is 566. The average Bonchev–Trinajstić information content (AvgIpc) is 3.19. The van der Waals surface area contributed by atoms with Crippen molar-refractivity contribution < 1.29 is 9.90 Å². The van der Waals surface area contributed by atoms with Crippen LogP contribution in [-0.2, 0) is 10.4 Å². The number of hydrogen-bond donors (Lipinski definition) is 1. The van der Waals surface area contributed by atoms with Gasteiger partial charge in [0.05, 0.1) is 5.69 Å². The number of carbonyl (C=O) groups excluding carboxylic acids is 1. The Hall–Kier alpha value is -1.42. The molecule has 3 atom stereocenters. The zero-order valence-electron chi connectivity index (χ0n) is 13.7.